The summed E-state index contributed by atoms with van der Waals surface area (Å²) in [5, 5.41) is 9.55. The standard InChI is InChI=1S/C22H31N5O2.HI/c1-15-16(2)29-20(26-15)14-25-22(23-3)24-13-17-8-7-11-19(12-17)27-21(28)18-9-5-4-6-10-18;/h7-8,11-12,18H,4-6,9-10,13-14H2,1-3H3,(H,27,28)(H2,23,24,25);1H. The van der Waals surface area contributed by atoms with Gasteiger partial charge < -0.3 is 20.4 Å². The third kappa shape index (κ3) is 7.00. The molecular formula is C22H32IN5O2. The second-order valence-corrected chi connectivity index (χ2v) is 7.55. The summed E-state index contributed by atoms with van der Waals surface area (Å²) in [6, 6.07) is 7.92. The van der Waals surface area contributed by atoms with E-state index in [4.69, 9.17) is 4.42 Å². The molecule has 1 heterocycles. The van der Waals surface area contributed by atoms with Crippen molar-refractivity contribution in [1.29, 1.82) is 0 Å². The van der Waals surface area contributed by atoms with E-state index < -0.39 is 0 Å². The Morgan fingerprint density at radius 3 is 2.57 bits per heavy atom. The number of guanidine groups is 1. The van der Waals surface area contributed by atoms with Gasteiger partial charge in [-0.2, -0.15) is 0 Å². The fourth-order valence-electron chi connectivity index (χ4n) is 3.55. The Kier molecular flexibility index (Phi) is 9.61. The lowest BCUT2D eigenvalue weighted by Gasteiger charge is -2.21. The molecule has 8 heteroatoms. The lowest BCUT2D eigenvalue weighted by Crippen LogP contribution is -2.36. The molecule has 0 radical (unpaired) electrons. The zero-order chi connectivity index (χ0) is 20.6. The number of carbonyl (C=O) groups excluding carboxylic acids is 1. The third-order valence-corrected chi connectivity index (χ3v) is 5.33. The normalized spacial score (nSPS) is 14.7. The van der Waals surface area contributed by atoms with Gasteiger partial charge in [0.15, 0.2) is 5.96 Å². The molecule has 0 unspecified atom stereocenters. The molecule has 164 valence electrons. The molecule has 1 saturated carbocycles. The summed E-state index contributed by atoms with van der Waals surface area (Å²) in [4.78, 5) is 21.1. The lowest BCUT2D eigenvalue weighted by atomic mass is 9.88. The van der Waals surface area contributed by atoms with Gasteiger partial charge in [-0.3, -0.25) is 9.79 Å². The van der Waals surface area contributed by atoms with Crippen molar-refractivity contribution in [3.63, 3.8) is 0 Å². The van der Waals surface area contributed by atoms with Crippen LogP contribution in [0.4, 0.5) is 5.69 Å². The molecule has 0 spiro atoms. The van der Waals surface area contributed by atoms with Crippen molar-refractivity contribution >= 4 is 41.5 Å². The van der Waals surface area contributed by atoms with Gasteiger partial charge in [0.1, 0.15) is 5.76 Å². The number of halogens is 1. The molecule has 0 atom stereocenters. The van der Waals surface area contributed by atoms with Crippen molar-refractivity contribution in [3.05, 3.63) is 47.2 Å². The van der Waals surface area contributed by atoms with Crippen LogP contribution in [0.3, 0.4) is 0 Å². The van der Waals surface area contributed by atoms with Crippen LogP contribution in [-0.4, -0.2) is 23.9 Å². The van der Waals surface area contributed by atoms with E-state index in [1.54, 1.807) is 7.05 Å². The number of rotatable bonds is 6. The second kappa shape index (κ2) is 11.9. The van der Waals surface area contributed by atoms with Gasteiger partial charge in [-0.05, 0) is 44.4 Å². The molecule has 0 bridgehead atoms. The highest BCUT2D eigenvalue weighted by atomic mass is 127. The van der Waals surface area contributed by atoms with Gasteiger partial charge in [-0.1, -0.05) is 31.4 Å². The summed E-state index contributed by atoms with van der Waals surface area (Å²) < 4.78 is 5.58. The van der Waals surface area contributed by atoms with Crippen molar-refractivity contribution in [1.82, 2.24) is 15.6 Å². The molecule has 1 aromatic heterocycles. The van der Waals surface area contributed by atoms with Crippen molar-refractivity contribution in [3.8, 4) is 0 Å². The van der Waals surface area contributed by atoms with Crippen LogP contribution in [0.5, 0.6) is 0 Å². The largest absolute Gasteiger partial charge is 0.444 e. The number of carbonyl (C=O) groups is 1. The minimum Gasteiger partial charge on any atom is -0.444 e. The summed E-state index contributed by atoms with van der Waals surface area (Å²) in [6.07, 6.45) is 5.55. The van der Waals surface area contributed by atoms with Gasteiger partial charge in [-0.25, -0.2) is 4.98 Å². The highest BCUT2D eigenvalue weighted by Gasteiger charge is 2.21. The van der Waals surface area contributed by atoms with E-state index in [1.165, 1.54) is 6.42 Å². The summed E-state index contributed by atoms with van der Waals surface area (Å²) >= 11 is 0. The number of aryl methyl sites for hydroxylation is 2. The molecular weight excluding hydrogens is 493 g/mol. The zero-order valence-electron chi connectivity index (χ0n) is 18.0. The summed E-state index contributed by atoms with van der Waals surface area (Å²) in [7, 11) is 1.72. The molecule has 1 aliphatic carbocycles. The average molecular weight is 525 g/mol. The predicted molar refractivity (Wildman–Crippen MR) is 130 cm³/mol. The molecule has 0 aliphatic heterocycles. The number of nitrogens with zero attached hydrogens (tertiary/aromatic N) is 2. The van der Waals surface area contributed by atoms with Gasteiger partial charge >= 0.3 is 0 Å². The number of benzene rings is 1. The average Bonchev–Trinajstić information content (AvgIpc) is 3.06. The number of hydrogen-bond acceptors (Lipinski definition) is 4. The number of oxazole rings is 1. The van der Waals surface area contributed by atoms with Crippen LogP contribution in [0.15, 0.2) is 33.7 Å². The molecule has 30 heavy (non-hydrogen) atoms. The van der Waals surface area contributed by atoms with Crippen LogP contribution in [0, 0.1) is 19.8 Å². The molecule has 1 aromatic carbocycles. The Morgan fingerprint density at radius 1 is 1.17 bits per heavy atom. The van der Waals surface area contributed by atoms with Crippen molar-refractivity contribution < 1.29 is 9.21 Å². The molecule has 2 aromatic rings. The fourth-order valence-corrected chi connectivity index (χ4v) is 3.55. The topological polar surface area (TPSA) is 91.5 Å². The number of aliphatic imine (C=N–C) groups is 1. The maximum Gasteiger partial charge on any atom is 0.227 e. The van der Waals surface area contributed by atoms with E-state index in [0.717, 1.165) is 48.4 Å². The molecule has 1 aliphatic rings. The van der Waals surface area contributed by atoms with Gasteiger partial charge in [-0.15, -0.1) is 24.0 Å². The number of amides is 1. The van der Waals surface area contributed by atoms with Crippen molar-refractivity contribution in [2.45, 2.75) is 59.0 Å². The van der Waals surface area contributed by atoms with E-state index in [0.29, 0.717) is 24.9 Å². The van der Waals surface area contributed by atoms with Crippen LogP contribution < -0.4 is 16.0 Å². The second-order valence-electron chi connectivity index (χ2n) is 7.55. The Bertz CT molecular complexity index is 839. The number of hydrogen-bond donors (Lipinski definition) is 3. The van der Waals surface area contributed by atoms with E-state index in [1.807, 2.05) is 38.1 Å². The maximum atomic E-state index is 12.5. The molecule has 7 nitrogen and oxygen atoms in total. The molecule has 3 rings (SSSR count). The smallest absolute Gasteiger partial charge is 0.227 e. The number of aromatic nitrogens is 1. The highest BCUT2D eigenvalue weighted by Crippen LogP contribution is 2.25. The number of anilines is 1. The van der Waals surface area contributed by atoms with Crippen LogP contribution in [-0.2, 0) is 17.9 Å². The lowest BCUT2D eigenvalue weighted by molar-refractivity contribution is -0.120. The van der Waals surface area contributed by atoms with Crippen LogP contribution in [0.1, 0.15) is 55.0 Å². The fraction of sp³-hybridized carbons (Fsp3) is 0.500. The van der Waals surface area contributed by atoms with E-state index in [2.05, 4.69) is 25.9 Å². The molecule has 1 fully saturated rings. The summed E-state index contributed by atoms with van der Waals surface area (Å²) in [5.74, 6) is 2.42. The minimum absolute atomic E-state index is 0. The van der Waals surface area contributed by atoms with Crippen LogP contribution in [0.25, 0.3) is 0 Å². The van der Waals surface area contributed by atoms with Crippen LogP contribution >= 0.6 is 24.0 Å². The van der Waals surface area contributed by atoms with Gasteiger partial charge in [0, 0.05) is 25.2 Å². The van der Waals surface area contributed by atoms with Crippen molar-refractivity contribution in [2.24, 2.45) is 10.9 Å². The van der Waals surface area contributed by atoms with Gasteiger partial charge in [0.05, 0.1) is 12.2 Å². The number of nitrogens with one attached hydrogen (secondary N) is 3. The Morgan fingerprint density at radius 2 is 1.90 bits per heavy atom. The first-order valence-corrected chi connectivity index (χ1v) is 10.3. The summed E-state index contributed by atoms with van der Waals surface area (Å²) in [6.45, 7) is 4.89. The van der Waals surface area contributed by atoms with Gasteiger partial charge in [0.25, 0.3) is 0 Å². The monoisotopic (exact) mass is 525 g/mol. The Labute approximate surface area is 195 Å². The highest BCUT2D eigenvalue weighted by molar-refractivity contribution is 14.0. The third-order valence-electron chi connectivity index (χ3n) is 5.33. The zero-order valence-corrected chi connectivity index (χ0v) is 20.3. The molecule has 1 amide bonds. The first kappa shape index (κ1) is 24.2. The first-order valence-electron chi connectivity index (χ1n) is 10.3. The van der Waals surface area contributed by atoms with Gasteiger partial charge in [0.2, 0.25) is 11.8 Å². The Hall–Kier alpha value is -2.10. The Balaban J connectivity index is 0.00000320. The quantitative estimate of drug-likeness (QED) is 0.297. The van der Waals surface area contributed by atoms with Crippen molar-refractivity contribution in [2.75, 3.05) is 12.4 Å². The molecule has 3 N–H and O–H groups in total. The maximum absolute atomic E-state index is 12.5. The predicted octanol–water partition coefficient (Wildman–Crippen LogP) is 4.29. The van der Waals surface area contributed by atoms with E-state index in [9.17, 15) is 4.79 Å². The van der Waals surface area contributed by atoms with E-state index >= 15 is 0 Å². The van der Waals surface area contributed by atoms with Crippen LogP contribution in [0.2, 0.25) is 0 Å². The molecule has 0 saturated heterocycles. The first-order chi connectivity index (χ1) is 14.0. The summed E-state index contributed by atoms with van der Waals surface area (Å²) in [5.41, 5.74) is 2.81. The SMILES string of the molecule is CN=C(NCc1cccc(NC(=O)C2CCCCC2)c1)NCc1nc(C)c(C)o1.I. The minimum atomic E-state index is 0. The van der Waals surface area contributed by atoms with E-state index in [-0.39, 0.29) is 35.8 Å².